The molecule has 0 saturated heterocycles. The molecule has 1 aliphatic carbocycles. The highest BCUT2D eigenvalue weighted by atomic mass is 32.1. The maximum absolute atomic E-state index is 5.44. The number of hydrogen-bond donors (Lipinski definition) is 0. The standard InChI is InChI=1S/C64H41N3S/c1-3-13-41(14-4-1)49-18-11-20-52(37-49)62-59-54(39-51-17-7-8-22-55(51)59)40-57(65-62)47-33-29-45(30-34-47)43-25-27-44(28-26-43)46-31-35-48(36-32-46)61-60-56-23-9-10-24-58(56)68-64(60)67-63(66-61)53-21-12-19-50(38-53)42-15-5-2-6-16-42/h1-38,40H,39H2. The van der Waals surface area contributed by atoms with Gasteiger partial charge in [0.25, 0.3) is 0 Å². The number of pyridine rings is 1. The van der Waals surface area contributed by atoms with Crippen molar-refractivity contribution < 1.29 is 0 Å². The molecule has 3 heterocycles. The van der Waals surface area contributed by atoms with Crippen molar-refractivity contribution in [2.24, 2.45) is 0 Å². The van der Waals surface area contributed by atoms with E-state index in [4.69, 9.17) is 15.0 Å². The number of aromatic nitrogens is 3. The van der Waals surface area contributed by atoms with Crippen molar-refractivity contribution >= 4 is 31.6 Å². The second-order valence-corrected chi connectivity index (χ2v) is 18.6. The largest absolute Gasteiger partial charge is 0.247 e. The average molecular weight is 884 g/mol. The Morgan fingerprint density at radius 3 is 1.49 bits per heavy atom. The van der Waals surface area contributed by atoms with Gasteiger partial charge < -0.3 is 0 Å². The molecule has 68 heavy (non-hydrogen) atoms. The fourth-order valence-corrected chi connectivity index (χ4v) is 11.0. The summed E-state index contributed by atoms with van der Waals surface area (Å²) >= 11 is 1.73. The van der Waals surface area contributed by atoms with Crippen LogP contribution in [0.1, 0.15) is 11.1 Å². The molecule has 3 aromatic heterocycles. The smallest absolute Gasteiger partial charge is 0.161 e. The Bertz CT molecular complexity index is 3840. The summed E-state index contributed by atoms with van der Waals surface area (Å²) in [5.41, 5.74) is 21.8. The van der Waals surface area contributed by atoms with E-state index in [1.165, 1.54) is 60.2 Å². The normalized spacial score (nSPS) is 11.8. The third kappa shape index (κ3) is 7.19. The first-order chi connectivity index (χ1) is 33.7. The van der Waals surface area contributed by atoms with Crippen LogP contribution in [0.5, 0.6) is 0 Å². The molecular weight excluding hydrogens is 843 g/mol. The molecule has 0 spiro atoms. The monoisotopic (exact) mass is 883 g/mol. The lowest BCUT2D eigenvalue weighted by molar-refractivity contribution is 1.23. The fraction of sp³-hybridized carbons (Fsp3) is 0.0156. The topological polar surface area (TPSA) is 38.7 Å². The molecule has 0 aliphatic heterocycles. The predicted molar refractivity (Wildman–Crippen MR) is 284 cm³/mol. The summed E-state index contributed by atoms with van der Waals surface area (Å²) in [5.74, 6) is 0.730. The minimum absolute atomic E-state index is 0.730. The van der Waals surface area contributed by atoms with E-state index in [1.54, 1.807) is 11.3 Å². The van der Waals surface area contributed by atoms with E-state index in [-0.39, 0.29) is 0 Å². The van der Waals surface area contributed by atoms with E-state index >= 15 is 0 Å². The van der Waals surface area contributed by atoms with Gasteiger partial charge >= 0.3 is 0 Å². The zero-order chi connectivity index (χ0) is 45.0. The molecule has 0 bridgehead atoms. The minimum atomic E-state index is 0.730. The number of benzene rings is 9. The summed E-state index contributed by atoms with van der Waals surface area (Å²) in [6.07, 6.45) is 0.904. The molecule has 4 heteroatoms. The van der Waals surface area contributed by atoms with Crippen molar-refractivity contribution in [3.63, 3.8) is 0 Å². The molecule has 12 aromatic rings. The van der Waals surface area contributed by atoms with Gasteiger partial charge in [0.05, 0.1) is 17.1 Å². The zero-order valence-corrected chi connectivity index (χ0v) is 37.8. The summed E-state index contributed by atoms with van der Waals surface area (Å²) in [6.45, 7) is 0. The highest BCUT2D eigenvalue weighted by Crippen LogP contribution is 2.45. The maximum atomic E-state index is 5.44. The SMILES string of the molecule is c1ccc(-c2cccc(-c3nc(-c4ccc(-c5ccc(-c6ccc(-c7cc8c(c(-c9cccc(-c%10ccccc%10)c9)n7)-c7ccccc7C8)cc6)cc5)cc4)c4c(n3)sc3ccccc34)c2)cc1. The van der Waals surface area contributed by atoms with Gasteiger partial charge in [-0.1, -0.05) is 212 Å². The number of thiophene rings is 1. The van der Waals surface area contributed by atoms with Crippen LogP contribution in [-0.2, 0) is 6.42 Å². The van der Waals surface area contributed by atoms with Crippen molar-refractivity contribution in [1.29, 1.82) is 0 Å². The van der Waals surface area contributed by atoms with Crippen molar-refractivity contribution in [1.82, 2.24) is 15.0 Å². The Balaban J connectivity index is 0.795. The number of fused-ring (bicyclic) bond motifs is 6. The lowest BCUT2D eigenvalue weighted by Gasteiger charge is -2.14. The lowest BCUT2D eigenvalue weighted by atomic mass is 9.94. The summed E-state index contributed by atoms with van der Waals surface area (Å²) in [6, 6.07) is 84.7. The molecule has 0 amide bonds. The summed E-state index contributed by atoms with van der Waals surface area (Å²) in [7, 11) is 0. The van der Waals surface area contributed by atoms with Gasteiger partial charge in [0.15, 0.2) is 5.82 Å². The average Bonchev–Trinajstić information content (AvgIpc) is 4.00. The van der Waals surface area contributed by atoms with E-state index in [0.29, 0.717) is 0 Å². The van der Waals surface area contributed by atoms with Gasteiger partial charge in [0.2, 0.25) is 0 Å². The van der Waals surface area contributed by atoms with Gasteiger partial charge in [-0.2, -0.15) is 0 Å². The summed E-state index contributed by atoms with van der Waals surface area (Å²) in [4.78, 5) is 16.9. The van der Waals surface area contributed by atoms with Crippen molar-refractivity contribution in [2.75, 3.05) is 0 Å². The second kappa shape index (κ2) is 16.7. The molecule has 0 unspecified atom stereocenters. The van der Waals surface area contributed by atoms with Gasteiger partial charge in [-0.15, -0.1) is 11.3 Å². The number of rotatable bonds is 8. The van der Waals surface area contributed by atoms with Crippen LogP contribution >= 0.6 is 11.3 Å². The van der Waals surface area contributed by atoms with E-state index in [0.717, 1.165) is 78.5 Å². The molecular formula is C64H41N3S. The van der Waals surface area contributed by atoms with Crippen molar-refractivity contribution in [3.05, 3.63) is 248 Å². The molecule has 0 fully saturated rings. The second-order valence-electron chi connectivity index (χ2n) is 17.5. The first-order valence-electron chi connectivity index (χ1n) is 23.1. The third-order valence-corrected chi connectivity index (χ3v) is 14.4. The summed E-state index contributed by atoms with van der Waals surface area (Å²) in [5, 5.41) is 2.28. The minimum Gasteiger partial charge on any atom is -0.247 e. The molecule has 3 nitrogen and oxygen atoms in total. The van der Waals surface area contributed by atoms with Crippen LogP contribution in [-0.4, -0.2) is 15.0 Å². The Morgan fingerprint density at radius 1 is 0.324 bits per heavy atom. The van der Waals surface area contributed by atoms with Gasteiger partial charge in [-0.05, 0) is 91.9 Å². The van der Waals surface area contributed by atoms with Gasteiger partial charge in [-0.3, -0.25) is 0 Å². The van der Waals surface area contributed by atoms with Gasteiger partial charge in [0.1, 0.15) is 4.83 Å². The quantitative estimate of drug-likeness (QED) is 0.153. The molecule has 0 atom stereocenters. The Kier molecular flexibility index (Phi) is 9.76. The molecule has 13 rings (SSSR count). The number of nitrogens with zero attached hydrogens (tertiary/aromatic N) is 3. The van der Waals surface area contributed by atoms with E-state index in [2.05, 4.69) is 231 Å². The molecule has 0 saturated carbocycles. The highest BCUT2D eigenvalue weighted by molar-refractivity contribution is 7.25. The van der Waals surface area contributed by atoms with Crippen LogP contribution in [0.2, 0.25) is 0 Å². The predicted octanol–water partition coefficient (Wildman–Crippen LogP) is 17.1. The molecule has 0 radical (unpaired) electrons. The number of hydrogen-bond acceptors (Lipinski definition) is 4. The van der Waals surface area contributed by atoms with Crippen molar-refractivity contribution in [3.8, 4) is 101 Å². The van der Waals surface area contributed by atoms with Gasteiger partial charge in [-0.25, -0.2) is 15.0 Å². The zero-order valence-electron chi connectivity index (χ0n) is 37.0. The molecule has 1 aliphatic rings. The first-order valence-corrected chi connectivity index (χ1v) is 23.9. The molecule has 9 aromatic carbocycles. The van der Waals surface area contributed by atoms with Crippen LogP contribution < -0.4 is 0 Å². The Morgan fingerprint density at radius 2 is 0.824 bits per heavy atom. The summed E-state index contributed by atoms with van der Waals surface area (Å²) < 4.78 is 1.21. The van der Waals surface area contributed by atoms with E-state index < -0.39 is 0 Å². The van der Waals surface area contributed by atoms with Gasteiger partial charge in [0, 0.05) is 43.3 Å². The third-order valence-electron chi connectivity index (χ3n) is 13.4. The van der Waals surface area contributed by atoms with Crippen molar-refractivity contribution in [2.45, 2.75) is 6.42 Å². The van der Waals surface area contributed by atoms with Crippen LogP contribution in [0.15, 0.2) is 237 Å². The van der Waals surface area contributed by atoms with Crippen LogP contribution in [0.25, 0.3) is 121 Å². The molecule has 318 valence electrons. The Labute approximate surface area is 399 Å². The van der Waals surface area contributed by atoms with Crippen LogP contribution in [0.4, 0.5) is 0 Å². The molecule has 0 N–H and O–H groups in total. The van der Waals surface area contributed by atoms with E-state index in [9.17, 15) is 0 Å². The highest BCUT2D eigenvalue weighted by Gasteiger charge is 2.25. The van der Waals surface area contributed by atoms with E-state index in [1.807, 2.05) is 6.07 Å². The van der Waals surface area contributed by atoms with Crippen LogP contribution in [0, 0.1) is 0 Å². The lowest BCUT2D eigenvalue weighted by Crippen LogP contribution is -1.95. The first kappa shape index (κ1) is 39.8. The maximum Gasteiger partial charge on any atom is 0.161 e. The Hall–Kier alpha value is -8.57. The fourth-order valence-electron chi connectivity index (χ4n) is 9.93. The van der Waals surface area contributed by atoms with Crippen LogP contribution in [0.3, 0.4) is 0 Å².